The molecule has 0 aromatic heterocycles. The number of esters is 1. The first-order chi connectivity index (χ1) is 15.9. The van der Waals surface area contributed by atoms with Gasteiger partial charge in [-0.15, -0.1) is 0 Å². The summed E-state index contributed by atoms with van der Waals surface area (Å²) >= 11 is 0. The molecular formula is C25H20N2O6. The lowest BCUT2D eigenvalue weighted by molar-refractivity contribution is -0.114. The Labute approximate surface area is 189 Å². The van der Waals surface area contributed by atoms with E-state index in [0.29, 0.717) is 17.1 Å². The first-order valence-corrected chi connectivity index (χ1v) is 10.1. The number of hydrogen-bond donors (Lipinski definition) is 1. The van der Waals surface area contributed by atoms with Crippen molar-refractivity contribution < 1.29 is 28.7 Å². The van der Waals surface area contributed by atoms with Gasteiger partial charge in [0, 0.05) is 12.6 Å². The van der Waals surface area contributed by atoms with Gasteiger partial charge in [0.15, 0.2) is 0 Å². The lowest BCUT2D eigenvalue weighted by Gasteiger charge is -2.14. The molecule has 0 spiro atoms. The number of carbonyl (C=O) groups excluding carboxylic acids is 4. The van der Waals surface area contributed by atoms with Gasteiger partial charge in [0.2, 0.25) is 5.91 Å². The molecule has 0 aliphatic carbocycles. The van der Waals surface area contributed by atoms with Crippen LogP contribution >= 0.6 is 0 Å². The third-order valence-corrected chi connectivity index (χ3v) is 5.07. The van der Waals surface area contributed by atoms with E-state index in [0.717, 1.165) is 10.5 Å². The maximum absolute atomic E-state index is 13.0. The van der Waals surface area contributed by atoms with E-state index in [2.05, 4.69) is 5.32 Å². The third kappa shape index (κ3) is 4.45. The number of fused-ring (bicyclic) bond motifs is 1. The molecule has 0 unspecified atom stereocenters. The predicted octanol–water partition coefficient (Wildman–Crippen LogP) is 3.81. The summed E-state index contributed by atoms with van der Waals surface area (Å²) in [5, 5.41) is 2.63. The largest absolute Gasteiger partial charge is 0.497 e. The Morgan fingerprint density at radius 2 is 1.64 bits per heavy atom. The summed E-state index contributed by atoms with van der Waals surface area (Å²) in [6.07, 6.45) is 0. The van der Waals surface area contributed by atoms with Crippen LogP contribution in [0.5, 0.6) is 5.75 Å². The van der Waals surface area contributed by atoms with Crippen LogP contribution in [0.3, 0.4) is 0 Å². The quantitative estimate of drug-likeness (QED) is 0.458. The molecule has 8 heteroatoms. The number of amides is 3. The predicted molar refractivity (Wildman–Crippen MR) is 120 cm³/mol. The summed E-state index contributed by atoms with van der Waals surface area (Å²) in [5.74, 6) is -1.22. The monoisotopic (exact) mass is 444 g/mol. The molecule has 1 aliphatic heterocycles. The summed E-state index contributed by atoms with van der Waals surface area (Å²) in [7, 11) is 1.55. The van der Waals surface area contributed by atoms with E-state index in [1.165, 1.54) is 25.1 Å². The minimum absolute atomic E-state index is 0.0345. The zero-order chi connectivity index (χ0) is 23.5. The van der Waals surface area contributed by atoms with E-state index in [1.54, 1.807) is 55.6 Å². The molecule has 1 N–H and O–H groups in total. The molecule has 1 heterocycles. The van der Waals surface area contributed by atoms with Crippen LogP contribution < -0.4 is 15.0 Å². The van der Waals surface area contributed by atoms with Crippen LogP contribution in [0.15, 0.2) is 66.7 Å². The molecule has 33 heavy (non-hydrogen) atoms. The standard InChI is InChI=1S/C25H20N2O6/c1-15(28)26-18-7-9-19(10-8-18)27-23(29)21-11-6-17(13-22(21)24(27)30)25(31)33-14-16-4-3-5-20(12-16)32-2/h3-13H,14H2,1-2H3,(H,26,28). The minimum Gasteiger partial charge on any atom is -0.497 e. The van der Waals surface area contributed by atoms with Crippen LogP contribution in [-0.4, -0.2) is 30.8 Å². The molecule has 8 nitrogen and oxygen atoms in total. The summed E-state index contributed by atoms with van der Waals surface area (Å²) < 4.78 is 10.5. The first-order valence-electron chi connectivity index (χ1n) is 10.1. The van der Waals surface area contributed by atoms with Crippen molar-refractivity contribution in [2.24, 2.45) is 0 Å². The number of anilines is 2. The number of benzene rings is 3. The zero-order valence-electron chi connectivity index (χ0n) is 18.0. The molecule has 3 aromatic rings. The summed E-state index contributed by atoms with van der Waals surface area (Å²) in [6.45, 7) is 1.42. The molecule has 0 atom stereocenters. The molecule has 1 aliphatic rings. The zero-order valence-corrected chi connectivity index (χ0v) is 18.0. The topological polar surface area (TPSA) is 102 Å². The average Bonchev–Trinajstić information content (AvgIpc) is 3.07. The molecule has 166 valence electrons. The summed E-state index contributed by atoms with van der Waals surface area (Å²) in [5.41, 5.74) is 2.16. The average molecular weight is 444 g/mol. The maximum atomic E-state index is 13.0. The Morgan fingerprint density at radius 1 is 0.909 bits per heavy atom. The highest BCUT2D eigenvalue weighted by Gasteiger charge is 2.37. The molecule has 0 fully saturated rings. The number of nitrogens with zero attached hydrogens (tertiary/aromatic N) is 1. The second-order valence-electron chi connectivity index (χ2n) is 7.36. The molecule has 4 rings (SSSR count). The van der Waals surface area contributed by atoms with Crippen molar-refractivity contribution in [2.75, 3.05) is 17.3 Å². The Hall–Kier alpha value is -4.46. The third-order valence-electron chi connectivity index (χ3n) is 5.07. The van der Waals surface area contributed by atoms with E-state index in [-0.39, 0.29) is 29.2 Å². The molecule has 0 bridgehead atoms. The van der Waals surface area contributed by atoms with Gasteiger partial charge in [-0.2, -0.15) is 0 Å². The Kier molecular flexibility index (Phi) is 5.91. The highest BCUT2D eigenvalue weighted by atomic mass is 16.5. The number of rotatable bonds is 6. The van der Waals surface area contributed by atoms with E-state index in [9.17, 15) is 19.2 Å². The molecule has 0 saturated heterocycles. The number of ether oxygens (including phenoxy) is 2. The van der Waals surface area contributed by atoms with Crippen molar-refractivity contribution in [1.82, 2.24) is 0 Å². The van der Waals surface area contributed by atoms with E-state index >= 15 is 0 Å². The molecule has 3 amide bonds. The Bertz CT molecular complexity index is 1270. The fraction of sp³-hybridized carbons (Fsp3) is 0.120. The van der Waals surface area contributed by atoms with Crippen molar-refractivity contribution in [1.29, 1.82) is 0 Å². The molecular weight excluding hydrogens is 424 g/mol. The smallest absolute Gasteiger partial charge is 0.338 e. The minimum atomic E-state index is -0.612. The van der Waals surface area contributed by atoms with Gasteiger partial charge in [-0.05, 0) is 60.2 Å². The van der Waals surface area contributed by atoms with E-state index < -0.39 is 17.8 Å². The maximum Gasteiger partial charge on any atom is 0.338 e. The van der Waals surface area contributed by atoms with Gasteiger partial charge in [-0.1, -0.05) is 12.1 Å². The number of nitrogens with one attached hydrogen (secondary N) is 1. The van der Waals surface area contributed by atoms with Gasteiger partial charge >= 0.3 is 5.97 Å². The fourth-order valence-corrected chi connectivity index (χ4v) is 3.49. The summed E-state index contributed by atoms with van der Waals surface area (Å²) in [4.78, 5) is 50.5. The van der Waals surface area contributed by atoms with Gasteiger partial charge in [0.05, 0.1) is 29.5 Å². The number of carbonyl (C=O) groups is 4. The summed E-state index contributed by atoms with van der Waals surface area (Å²) in [6, 6.07) is 17.7. The lowest BCUT2D eigenvalue weighted by Crippen LogP contribution is -2.29. The van der Waals surface area contributed by atoms with Crippen molar-refractivity contribution in [3.05, 3.63) is 89.0 Å². The second-order valence-corrected chi connectivity index (χ2v) is 7.36. The highest BCUT2D eigenvalue weighted by Crippen LogP contribution is 2.30. The molecule has 0 radical (unpaired) electrons. The SMILES string of the molecule is COc1cccc(COC(=O)c2ccc3c(c2)C(=O)N(c2ccc(NC(C)=O)cc2)C3=O)c1. The van der Waals surface area contributed by atoms with Gasteiger partial charge in [-0.3, -0.25) is 14.4 Å². The molecule has 3 aromatic carbocycles. The van der Waals surface area contributed by atoms with Gasteiger partial charge < -0.3 is 14.8 Å². The second kappa shape index (κ2) is 8.96. The van der Waals surface area contributed by atoms with E-state index in [4.69, 9.17) is 9.47 Å². The first kappa shape index (κ1) is 21.8. The van der Waals surface area contributed by atoms with Crippen LogP contribution in [0.1, 0.15) is 43.6 Å². The fourth-order valence-electron chi connectivity index (χ4n) is 3.49. The van der Waals surface area contributed by atoms with Crippen molar-refractivity contribution in [2.45, 2.75) is 13.5 Å². The van der Waals surface area contributed by atoms with E-state index in [1.807, 2.05) is 0 Å². The highest BCUT2D eigenvalue weighted by molar-refractivity contribution is 6.34. The Balaban J connectivity index is 1.51. The van der Waals surface area contributed by atoms with Gasteiger partial charge in [0.1, 0.15) is 12.4 Å². The van der Waals surface area contributed by atoms with Crippen LogP contribution in [0.4, 0.5) is 11.4 Å². The van der Waals surface area contributed by atoms with Crippen LogP contribution in [0.25, 0.3) is 0 Å². The number of imide groups is 1. The van der Waals surface area contributed by atoms with Crippen molar-refractivity contribution in [3.63, 3.8) is 0 Å². The Morgan fingerprint density at radius 3 is 2.33 bits per heavy atom. The van der Waals surface area contributed by atoms with Crippen molar-refractivity contribution >= 4 is 35.1 Å². The van der Waals surface area contributed by atoms with Crippen LogP contribution in [0, 0.1) is 0 Å². The molecule has 0 saturated carbocycles. The van der Waals surface area contributed by atoms with Gasteiger partial charge in [0.25, 0.3) is 11.8 Å². The number of methoxy groups -OCH3 is 1. The lowest BCUT2D eigenvalue weighted by atomic mass is 10.1. The van der Waals surface area contributed by atoms with Gasteiger partial charge in [-0.25, -0.2) is 9.69 Å². The van der Waals surface area contributed by atoms with Crippen LogP contribution in [-0.2, 0) is 16.1 Å². The van der Waals surface area contributed by atoms with Crippen LogP contribution in [0.2, 0.25) is 0 Å². The normalized spacial score (nSPS) is 12.4. The number of hydrogen-bond acceptors (Lipinski definition) is 6. The van der Waals surface area contributed by atoms with Crippen molar-refractivity contribution in [3.8, 4) is 5.75 Å².